The van der Waals surface area contributed by atoms with E-state index in [9.17, 15) is 4.21 Å². The van der Waals surface area contributed by atoms with Crippen LogP contribution in [0.15, 0.2) is 0 Å². The van der Waals surface area contributed by atoms with Gasteiger partial charge in [-0.3, -0.25) is 4.21 Å². The maximum atomic E-state index is 11.2. The summed E-state index contributed by atoms with van der Waals surface area (Å²) in [7, 11) is -0.720. The third kappa shape index (κ3) is 3.32. The lowest BCUT2D eigenvalue weighted by Gasteiger charge is -2.13. The van der Waals surface area contributed by atoms with Gasteiger partial charge >= 0.3 is 0 Å². The summed E-state index contributed by atoms with van der Waals surface area (Å²) in [5.74, 6) is 1.13. The first-order valence-corrected chi connectivity index (χ1v) is 5.05. The predicted octanol–water partition coefficient (Wildman–Crippen LogP) is 0.738. The molecule has 0 saturated carbocycles. The molecule has 0 radical (unpaired) electrons. The monoisotopic (exact) mass is 163 g/mol. The molecule has 0 aromatic rings. The summed E-state index contributed by atoms with van der Waals surface area (Å²) in [5.41, 5.74) is 5.27. The van der Waals surface area contributed by atoms with Crippen LogP contribution in [0.2, 0.25) is 0 Å². The molecule has 0 aromatic heterocycles. The van der Waals surface area contributed by atoms with E-state index in [4.69, 9.17) is 5.73 Å². The van der Waals surface area contributed by atoms with Crippen LogP contribution in [0.3, 0.4) is 0 Å². The molecule has 2 atom stereocenters. The van der Waals surface area contributed by atoms with Crippen LogP contribution < -0.4 is 5.73 Å². The van der Waals surface area contributed by atoms with E-state index in [1.54, 1.807) is 0 Å². The molecular formula is C7H17NOS. The first kappa shape index (κ1) is 10.1. The van der Waals surface area contributed by atoms with Gasteiger partial charge in [-0.05, 0) is 5.92 Å². The molecule has 10 heavy (non-hydrogen) atoms. The Morgan fingerprint density at radius 3 is 2.20 bits per heavy atom. The molecular weight excluding hydrogens is 146 g/mol. The molecule has 0 saturated heterocycles. The van der Waals surface area contributed by atoms with Crippen LogP contribution in [-0.4, -0.2) is 21.8 Å². The third-order valence-corrected chi connectivity index (χ3v) is 3.68. The number of rotatable bonds is 4. The SMILES string of the molecule is CC(C)C(C)S(=O)CCN. The van der Waals surface area contributed by atoms with Crippen molar-refractivity contribution in [3.8, 4) is 0 Å². The molecule has 2 nitrogen and oxygen atoms in total. The lowest BCUT2D eigenvalue weighted by molar-refractivity contribution is 0.605. The first-order valence-electron chi connectivity index (χ1n) is 3.66. The minimum absolute atomic E-state index is 0.281. The lowest BCUT2D eigenvalue weighted by atomic mass is 10.2. The number of hydrogen-bond donors (Lipinski definition) is 1. The van der Waals surface area contributed by atoms with E-state index in [2.05, 4.69) is 13.8 Å². The summed E-state index contributed by atoms with van der Waals surface area (Å²) in [6.45, 7) is 6.71. The zero-order valence-electron chi connectivity index (χ0n) is 6.96. The molecule has 0 rings (SSSR count). The van der Waals surface area contributed by atoms with Crippen molar-refractivity contribution < 1.29 is 4.21 Å². The minimum Gasteiger partial charge on any atom is -0.330 e. The minimum atomic E-state index is -0.720. The van der Waals surface area contributed by atoms with Crippen LogP contribution >= 0.6 is 0 Å². The Labute approximate surface area is 65.6 Å². The second-order valence-corrected chi connectivity index (χ2v) is 4.74. The molecule has 2 N–H and O–H groups in total. The second-order valence-electron chi connectivity index (χ2n) is 2.82. The molecule has 0 fully saturated rings. The summed E-state index contributed by atoms with van der Waals surface area (Å²) >= 11 is 0. The standard InChI is InChI=1S/C7H17NOS/c1-6(2)7(3)10(9)5-4-8/h6-7H,4-5,8H2,1-3H3. The van der Waals surface area contributed by atoms with E-state index < -0.39 is 10.8 Å². The normalized spacial score (nSPS) is 17.3. The molecule has 0 amide bonds. The van der Waals surface area contributed by atoms with Crippen LogP contribution in [0, 0.1) is 5.92 Å². The molecule has 62 valence electrons. The van der Waals surface area contributed by atoms with Gasteiger partial charge < -0.3 is 5.73 Å². The Kier molecular flexibility index (Phi) is 4.91. The van der Waals surface area contributed by atoms with Crippen molar-refractivity contribution in [3.05, 3.63) is 0 Å². The van der Waals surface area contributed by atoms with E-state index in [0.717, 1.165) is 0 Å². The van der Waals surface area contributed by atoms with Gasteiger partial charge in [0.25, 0.3) is 0 Å². The van der Waals surface area contributed by atoms with E-state index >= 15 is 0 Å². The van der Waals surface area contributed by atoms with Gasteiger partial charge in [-0.25, -0.2) is 0 Å². The summed E-state index contributed by atoms with van der Waals surface area (Å²) in [6.07, 6.45) is 0. The van der Waals surface area contributed by atoms with Gasteiger partial charge in [-0.1, -0.05) is 20.8 Å². The van der Waals surface area contributed by atoms with Crippen LogP contribution in [-0.2, 0) is 10.8 Å². The van der Waals surface area contributed by atoms with Crippen LogP contribution in [0.4, 0.5) is 0 Å². The Balaban J connectivity index is 3.71. The summed E-state index contributed by atoms with van der Waals surface area (Å²) in [4.78, 5) is 0. The second kappa shape index (κ2) is 4.85. The van der Waals surface area contributed by atoms with Gasteiger partial charge in [0, 0.05) is 28.3 Å². The maximum absolute atomic E-state index is 11.2. The van der Waals surface area contributed by atoms with Gasteiger partial charge in [0.05, 0.1) is 0 Å². The molecule has 0 heterocycles. The third-order valence-electron chi connectivity index (χ3n) is 1.67. The summed E-state index contributed by atoms with van der Waals surface area (Å²) in [5, 5.41) is 0.281. The molecule has 2 unspecified atom stereocenters. The average Bonchev–Trinajstić information content (AvgIpc) is 1.87. The first-order chi connectivity index (χ1) is 4.59. The number of hydrogen-bond acceptors (Lipinski definition) is 2. The Morgan fingerprint density at radius 2 is 1.90 bits per heavy atom. The van der Waals surface area contributed by atoms with Crippen molar-refractivity contribution >= 4 is 10.8 Å². The van der Waals surface area contributed by atoms with Crippen molar-refractivity contribution in [2.24, 2.45) is 11.7 Å². The Hall–Kier alpha value is 0.110. The molecule has 0 aliphatic rings. The topological polar surface area (TPSA) is 43.1 Å². The largest absolute Gasteiger partial charge is 0.330 e. The zero-order chi connectivity index (χ0) is 8.15. The van der Waals surface area contributed by atoms with Crippen molar-refractivity contribution in [1.29, 1.82) is 0 Å². The lowest BCUT2D eigenvalue weighted by Crippen LogP contribution is -2.23. The quantitative estimate of drug-likeness (QED) is 0.664. The maximum Gasteiger partial charge on any atom is 0.0360 e. The summed E-state index contributed by atoms with van der Waals surface area (Å²) in [6, 6.07) is 0. The van der Waals surface area contributed by atoms with Crippen LogP contribution in [0.5, 0.6) is 0 Å². The van der Waals surface area contributed by atoms with Crippen molar-refractivity contribution in [2.75, 3.05) is 12.3 Å². The highest BCUT2D eigenvalue weighted by Gasteiger charge is 2.13. The highest BCUT2D eigenvalue weighted by molar-refractivity contribution is 7.85. The van der Waals surface area contributed by atoms with Gasteiger partial charge in [0.2, 0.25) is 0 Å². The molecule has 0 aliphatic carbocycles. The highest BCUT2D eigenvalue weighted by atomic mass is 32.2. The molecule has 0 spiro atoms. The van der Waals surface area contributed by atoms with E-state index in [-0.39, 0.29) is 5.25 Å². The molecule has 3 heteroatoms. The number of nitrogens with two attached hydrogens (primary N) is 1. The van der Waals surface area contributed by atoms with E-state index in [0.29, 0.717) is 18.2 Å². The predicted molar refractivity (Wildman–Crippen MR) is 46.4 cm³/mol. The van der Waals surface area contributed by atoms with Gasteiger partial charge in [-0.2, -0.15) is 0 Å². The molecule has 0 bridgehead atoms. The van der Waals surface area contributed by atoms with Crippen molar-refractivity contribution in [2.45, 2.75) is 26.0 Å². The summed E-state index contributed by atoms with van der Waals surface area (Å²) < 4.78 is 11.2. The highest BCUT2D eigenvalue weighted by Crippen LogP contribution is 2.07. The average molecular weight is 163 g/mol. The zero-order valence-corrected chi connectivity index (χ0v) is 7.78. The fraction of sp³-hybridized carbons (Fsp3) is 1.00. The fourth-order valence-corrected chi connectivity index (χ4v) is 1.82. The van der Waals surface area contributed by atoms with Crippen molar-refractivity contribution in [1.82, 2.24) is 0 Å². The van der Waals surface area contributed by atoms with Crippen LogP contribution in [0.25, 0.3) is 0 Å². The molecule has 0 aliphatic heterocycles. The van der Waals surface area contributed by atoms with E-state index in [1.165, 1.54) is 0 Å². The van der Waals surface area contributed by atoms with Gasteiger partial charge in [0.1, 0.15) is 0 Å². The Morgan fingerprint density at radius 1 is 1.40 bits per heavy atom. The van der Waals surface area contributed by atoms with Gasteiger partial charge in [0.15, 0.2) is 0 Å². The Bertz CT molecular complexity index is 114. The smallest absolute Gasteiger partial charge is 0.0360 e. The van der Waals surface area contributed by atoms with Crippen molar-refractivity contribution in [3.63, 3.8) is 0 Å². The van der Waals surface area contributed by atoms with Gasteiger partial charge in [-0.15, -0.1) is 0 Å². The van der Waals surface area contributed by atoms with Crippen LogP contribution in [0.1, 0.15) is 20.8 Å². The fourth-order valence-electron chi connectivity index (χ4n) is 0.606. The van der Waals surface area contributed by atoms with E-state index in [1.807, 2.05) is 6.92 Å². The molecule has 0 aromatic carbocycles.